The Labute approximate surface area is 276 Å². The van der Waals surface area contributed by atoms with Crippen LogP contribution in [0.15, 0.2) is 48.6 Å². The van der Waals surface area contributed by atoms with Crippen LogP contribution in [0.25, 0.3) is 0 Å². The zero-order chi connectivity index (χ0) is 32.9. The molecule has 260 valence electrons. The van der Waals surface area contributed by atoms with E-state index in [2.05, 4.69) is 67.3 Å². The number of rotatable bonds is 33. The Morgan fingerprint density at radius 2 is 0.822 bits per heavy atom. The number of unbranched alkanes of at least 4 members (excludes halogenated alkanes) is 16. The van der Waals surface area contributed by atoms with E-state index in [9.17, 15) is 9.59 Å². The van der Waals surface area contributed by atoms with Crippen molar-refractivity contribution in [3.8, 4) is 0 Å². The summed E-state index contributed by atoms with van der Waals surface area (Å²) in [6, 6.07) is 0. The number of hydrogen-bond acceptors (Lipinski definition) is 6. The first-order valence-electron chi connectivity index (χ1n) is 18.3. The maximum absolute atomic E-state index is 12.0. The van der Waals surface area contributed by atoms with E-state index in [-0.39, 0.29) is 25.2 Å². The Bertz CT molecular complexity index is 707. The van der Waals surface area contributed by atoms with Crippen molar-refractivity contribution in [3.63, 3.8) is 0 Å². The van der Waals surface area contributed by atoms with E-state index in [1.165, 1.54) is 64.2 Å². The average molecular weight is 633 g/mol. The Morgan fingerprint density at radius 3 is 1.18 bits per heavy atom. The van der Waals surface area contributed by atoms with Gasteiger partial charge in [-0.2, -0.15) is 0 Å². The molecule has 6 nitrogen and oxygen atoms in total. The molecular weight excluding hydrogens is 564 g/mol. The average Bonchev–Trinajstić information content (AvgIpc) is 3.04. The van der Waals surface area contributed by atoms with Gasteiger partial charge in [-0.25, -0.2) is 4.89 Å². The summed E-state index contributed by atoms with van der Waals surface area (Å²) in [5.41, 5.74) is 0. The number of carbonyl (C=O) groups is 2. The second-order valence-corrected chi connectivity index (χ2v) is 12.1. The Hall–Kier alpha value is -2.18. The molecule has 0 aromatic rings. The second-order valence-electron chi connectivity index (χ2n) is 12.1. The first kappa shape index (κ1) is 42.8. The van der Waals surface area contributed by atoms with Gasteiger partial charge in [0, 0.05) is 12.8 Å². The van der Waals surface area contributed by atoms with Gasteiger partial charge in [0.05, 0.1) is 0 Å². The van der Waals surface area contributed by atoms with Gasteiger partial charge in [0.2, 0.25) is 0 Å². The van der Waals surface area contributed by atoms with Crippen molar-refractivity contribution >= 4 is 11.9 Å². The zero-order valence-electron chi connectivity index (χ0n) is 29.1. The van der Waals surface area contributed by atoms with Crippen LogP contribution >= 0.6 is 0 Å². The third-order valence-corrected chi connectivity index (χ3v) is 7.67. The summed E-state index contributed by atoms with van der Waals surface area (Å²) in [6.45, 7) is 4.20. The molecule has 0 aliphatic rings. The van der Waals surface area contributed by atoms with Gasteiger partial charge in [-0.1, -0.05) is 127 Å². The van der Waals surface area contributed by atoms with Crippen LogP contribution in [0.4, 0.5) is 0 Å². The van der Waals surface area contributed by atoms with Crippen molar-refractivity contribution in [2.24, 2.45) is 0 Å². The first-order valence-corrected chi connectivity index (χ1v) is 18.3. The number of hydrogen-bond donors (Lipinski definition) is 1. The van der Waals surface area contributed by atoms with Gasteiger partial charge in [-0.05, 0) is 77.0 Å². The van der Waals surface area contributed by atoms with Crippen molar-refractivity contribution in [2.45, 2.75) is 174 Å². The molecule has 0 aliphatic heterocycles. The van der Waals surface area contributed by atoms with Crippen LogP contribution in [0, 0.1) is 0 Å². The molecular formula is C39H68O6. The predicted octanol–water partition coefficient (Wildman–Crippen LogP) is 11.6. The van der Waals surface area contributed by atoms with Gasteiger partial charge in [0.25, 0.3) is 0 Å². The molecule has 0 unspecified atom stereocenters. The lowest BCUT2D eigenvalue weighted by Crippen LogP contribution is -2.27. The highest BCUT2D eigenvalue weighted by Gasteiger charge is 2.15. The van der Waals surface area contributed by atoms with Gasteiger partial charge in [-0.3, -0.25) is 14.8 Å². The number of esters is 2. The fraction of sp³-hybridized carbons (Fsp3) is 0.744. The normalized spacial score (nSPS) is 12.1. The van der Waals surface area contributed by atoms with Gasteiger partial charge >= 0.3 is 11.9 Å². The lowest BCUT2D eigenvalue weighted by Gasteiger charge is -2.14. The van der Waals surface area contributed by atoms with Gasteiger partial charge < -0.3 is 9.47 Å². The number of carbonyl (C=O) groups excluding carboxylic acids is 2. The lowest BCUT2D eigenvalue weighted by molar-refractivity contribution is -0.292. The third-order valence-electron chi connectivity index (χ3n) is 7.67. The largest absolute Gasteiger partial charge is 0.463 e. The van der Waals surface area contributed by atoms with Crippen molar-refractivity contribution in [3.05, 3.63) is 48.6 Å². The first-order chi connectivity index (χ1) is 22.1. The van der Waals surface area contributed by atoms with Crippen molar-refractivity contribution in [1.29, 1.82) is 0 Å². The molecule has 1 N–H and O–H groups in total. The van der Waals surface area contributed by atoms with E-state index in [4.69, 9.17) is 14.7 Å². The monoisotopic (exact) mass is 633 g/mol. The molecule has 0 saturated heterocycles. The summed E-state index contributed by atoms with van der Waals surface area (Å²) in [6.07, 6.45) is 42.8. The summed E-state index contributed by atoms with van der Waals surface area (Å²) in [5.74, 6) is -0.640. The smallest absolute Gasteiger partial charge is 0.305 e. The zero-order valence-corrected chi connectivity index (χ0v) is 29.1. The van der Waals surface area contributed by atoms with Crippen LogP contribution < -0.4 is 0 Å². The minimum Gasteiger partial charge on any atom is -0.463 e. The standard InChI is InChI=1S/C39H68O6/c1-3-5-7-9-11-13-15-17-19-21-23-25-27-29-31-33-38(40)43-35-37(45-42)36-44-39(41)34-32-30-28-26-24-22-20-18-16-14-12-10-8-6-4-2/h11-14,17-20,37,42H,3-10,15-16,21-36H2,1-2H3/b13-11-,14-12-,19-17-,20-18-. The van der Waals surface area contributed by atoms with E-state index in [0.717, 1.165) is 77.0 Å². The SMILES string of the molecule is CCCCC/C=C\C/C=C\CCCCCCCC(=O)OCC(COC(=O)CCCCCCC/C=C\C/C=C\CCCCC)OO. The summed E-state index contributed by atoms with van der Waals surface area (Å²) in [4.78, 5) is 28.4. The maximum atomic E-state index is 12.0. The fourth-order valence-electron chi connectivity index (χ4n) is 4.79. The molecule has 0 aromatic heterocycles. The molecule has 0 bridgehead atoms. The van der Waals surface area contributed by atoms with E-state index >= 15 is 0 Å². The van der Waals surface area contributed by atoms with Crippen LogP contribution in [0.5, 0.6) is 0 Å². The number of allylic oxidation sites excluding steroid dienone is 8. The topological polar surface area (TPSA) is 82.1 Å². The predicted molar refractivity (Wildman–Crippen MR) is 188 cm³/mol. The molecule has 0 heterocycles. The minimum atomic E-state index is -0.868. The molecule has 0 atom stereocenters. The van der Waals surface area contributed by atoms with Crippen molar-refractivity contribution < 1.29 is 29.2 Å². The van der Waals surface area contributed by atoms with Crippen LogP contribution in [-0.4, -0.2) is 36.5 Å². The molecule has 6 heteroatoms. The molecule has 0 aliphatic carbocycles. The highest BCUT2D eigenvalue weighted by atomic mass is 17.1. The minimum absolute atomic E-state index is 0.132. The summed E-state index contributed by atoms with van der Waals surface area (Å²) < 4.78 is 10.4. The summed E-state index contributed by atoms with van der Waals surface area (Å²) in [5, 5.41) is 9.09. The van der Waals surface area contributed by atoms with E-state index in [1.54, 1.807) is 0 Å². The maximum Gasteiger partial charge on any atom is 0.305 e. The van der Waals surface area contributed by atoms with Crippen LogP contribution in [0.2, 0.25) is 0 Å². The van der Waals surface area contributed by atoms with Gasteiger partial charge in [0.1, 0.15) is 13.2 Å². The molecule has 45 heavy (non-hydrogen) atoms. The van der Waals surface area contributed by atoms with Gasteiger partial charge in [-0.15, -0.1) is 0 Å². The van der Waals surface area contributed by atoms with Crippen LogP contribution in [-0.2, 0) is 24.0 Å². The summed E-state index contributed by atoms with van der Waals surface area (Å²) in [7, 11) is 0. The molecule has 0 spiro atoms. The van der Waals surface area contributed by atoms with Crippen molar-refractivity contribution in [2.75, 3.05) is 13.2 Å². The van der Waals surface area contributed by atoms with Gasteiger partial charge in [0.15, 0.2) is 6.10 Å². The van der Waals surface area contributed by atoms with Crippen molar-refractivity contribution in [1.82, 2.24) is 0 Å². The fourth-order valence-corrected chi connectivity index (χ4v) is 4.79. The highest BCUT2D eigenvalue weighted by molar-refractivity contribution is 5.69. The van der Waals surface area contributed by atoms with E-state index < -0.39 is 6.10 Å². The Morgan fingerprint density at radius 1 is 0.489 bits per heavy atom. The quantitative estimate of drug-likeness (QED) is 0.0255. The van der Waals surface area contributed by atoms with Crippen LogP contribution in [0.1, 0.15) is 168 Å². The number of ether oxygens (including phenoxy) is 2. The molecule has 0 saturated carbocycles. The lowest BCUT2D eigenvalue weighted by atomic mass is 10.1. The van der Waals surface area contributed by atoms with Crippen LogP contribution in [0.3, 0.4) is 0 Å². The Balaban J connectivity index is 3.62. The second kappa shape index (κ2) is 36.3. The molecule has 0 rings (SSSR count). The molecule has 0 fully saturated rings. The van der Waals surface area contributed by atoms with E-state index in [0.29, 0.717) is 12.8 Å². The molecule has 0 aromatic carbocycles. The molecule has 0 amide bonds. The third kappa shape index (κ3) is 34.5. The molecule has 0 radical (unpaired) electrons. The Kier molecular flexibility index (Phi) is 34.5. The van der Waals surface area contributed by atoms with E-state index in [1.807, 2.05) is 0 Å². The highest BCUT2D eigenvalue weighted by Crippen LogP contribution is 2.11. The summed E-state index contributed by atoms with van der Waals surface area (Å²) >= 11 is 0.